The van der Waals surface area contributed by atoms with Gasteiger partial charge in [0.2, 0.25) is 10.0 Å². The first-order chi connectivity index (χ1) is 15.8. The van der Waals surface area contributed by atoms with E-state index in [0.29, 0.717) is 18.6 Å². The summed E-state index contributed by atoms with van der Waals surface area (Å²) in [6.07, 6.45) is 2.15. The van der Waals surface area contributed by atoms with Gasteiger partial charge in [0, 0.05) is 6.04 Å². The van der Waals surface area contributed by atoms with Crippen LogP contribution in [-0.4, -0.2) is 26.1 Å². The lowest BCUT2D eigenvalue weighted by Gasteiger charge is -2.27. The quantitative estimate of drug-likeness (QED) is 0.523. The normalized spacial score (nSPS) is 15.6. The number of carboxylic acid groups (broad SMARTS) is 1. The fourth-order valence-corrected chi connectivity index (χ4v) is 5.66. The standard InChI is InChI=1S/C26H27NO5S/c1-17-7-3-10-21(18(17)2)19-8-4-9-20(15-19)33(30,31)27-24-13-5-12-23-22(24)11-6-14-25(23)32-16-26(28)29/h3-4,6-11,14-15,24,27H,5,12-13,16H2,1-2H3,(H,28,29). The van der Waals surface area contributed by atoms with Gasteiger partial charge in [0.05, 0.1) is 4.90 Å². The van der Waals surface area contributed by atoms with E-state index in [2.05, 4.69) is 4.72 Å². The molecule has 7 heteroatoms. The molecule has 0 amide bonds. The van der Waals surface area contributed by atoms with E-state index in [-0.39, 0.29) is 4.90 Å². The molecule has 3 aromatic carbocycles. The van der Waals surface area contributed by atoms with Crippen molar-refractivity contribution in [1.82, 2.24) is 4.72 Å². The zero-order valence-electron chi connectivity index (χ0n) is 18.7. The zero-order valence-corrected chi connectivity index (χ0v) is 19.5. The summed E-state index contributed by atoms with van der Waals surface area (Å²) in [6.45, 7) is 3.64. The first-order valence-corrected chi connectivity index (χ1v) is 12.4. The summed E-state index contributed by atoms with van der Waals surface area (Å²) in [5, 5.41) is 8.93. The Balaban J connectivity index is 1.63. The van der Waals surface area contributed by atoms with Crippen LogP contribution in [0.1, 0.15) is 41.1 Å². The summed E-state index contributed by atoms with van der Waals surface area (Å²) in [5.41, 5.74) is 5.83. The topological polar surface area (TPSA) is 92.7 Å². The molecule has 0 aromatic heterocycles. The van der Waals surface area contributed by atoms with Crippen LogP contribution in [0, 0.1) is 13.8 Å². The molecule has 172 valence electrons. The van der Waals surface area contributed by atoms with E-state index in [4.69, 9.17) is 9.84 Å². The van der Waals surface area contributed by atoms with Crippen molar-refractivity contribution in [3.05, 3.63) is 82.9 Å². The number of aryl methyl sites for hydroxylation is 1. The van der Waals surface area contributed by atoms with Crippen molar-refractivity contribution < 1.29 is 23.1 Å². The Hall–Kier alpha value is -3.16. The molecule has 33 heavy (non-hydrogen) atoms. The van der Waals surface area contributed by atoms with Crippen molar-refractivity contribution >= 4 is 16.0 Å². The summed E-state index contributed by atoms with van der Waals surface area (Å²) in [6, 6.07) is 18.0. The third-order valence-electron chi connectivity index (χ3n) is 6.17. The fourth-order valence-electron chi connectivity index (χ4n) is 4.36. The second kappa shape index (κ2) is 9.37. The van der Waals surface area contributed by atoms with E-state index in [1.165, 1.54) is 0 Å². The molecule has 0 bridgehead atoms. The highest BCUT2D eigenvalue weighted by atomic mass is 32.2. The largest absolute Gasteiger partial charge is 0.482 e. The van der Waals surface area contributed by atoms with Crippen LogP contribution in [0.4, 0.5) is 0 Å². The lowest BCUT2D eigenvalue weighted by Crippen LogP contribution is -2.31. The van der Waals surface area contributed by atoms with Crippen molar-refractivity contribution in [1.29, 1.82) is 0 Å². The van der Waals surface area contributed by atoms with E-state index >= 15 is 0 Å². The van der Waals surface area contributed by atoms with Crippen molar-refractivity contribution in [2.75, 3.05) is 6.61 Å². The molecule has 4 rings (SSSR count). The molecule has 0 saturated carbocycles. The highest BCUT2D eigenvalue weighted by molar-refractivity contribution is 7.89. The van der Waals surface area contributed by atoms with Crippen molar-refractivity contribution in [3.8, 4) is 16.9 Å². The molecule has 2 N–H and O–H groups in total. The van der Waals surface area contributed by atoms with Crippen LogP contribution in [0.2, 0.25) is 0 Å². The van der Waals surface area contributed by atoms with E-state index in [1.807, 2.05) is 44.2 Å². The molecule has 6 nitrogen and oxygen atoms in total. The number of hydrogen-bond donors (Lipinski definition) is 2. The van der Waals surface area contributed by atoms with Gasteiger partial charge in [-0.15, -0.1) is 0 Å². The van der Waals surface area contributed by atoms with Gasteiger partial charge in [-0.25, -0.2) is 17.9 Å². The molecule has 0 radical (unpaired) electrons. The number of benzene rings is 3. The molecular weight excluding hydrogens is 438 g/mol. The number of sulfonamides is 1. The number of hydrogen-bond acceptors (Lipinski definition) is 4. The van der Waals surface area contributed by atoms with E-state index in [9.17, 15) is 13.2 Å². The second-order valence-corrected chi connectivity index (χ2v) is 10.1. The van der Waals surface area contributed by atoms with Crippen LogP contribution in [0.3, 0.4) is 0 Å². The predicted octanol–water partition coefficient (Wildman–Crippen LogP) is 4.79. The monoisotopic (exact) mass is 465 g/mol. The van der Waals surface area contributed by atoms with Gasteiger partial charge in [-0.05, 0) is 84.7 Å². The van der Waals surface area contributed by atoms with Crippen molar-refractivity contribution in [2.24, 2.45) is 0 Å². The lowest BCUT2D eigenvalue weighted by molar-refractivity contribution is -0.139. The zero-order chi connectivity index (χ0) is 23.6. The smallest absolute Gasteiger partial charge is 0.341 e. The molecule has 1 unspecified atom stereocenters. The molecule has 3 aromatic rings. The molecule has 0 saturated heterocycles. The summed E-state index contributed by atoms with van der Waals surface area (Å²) in [5.74, 6) is -0.555. The first kappa shape index (κ1) is 23.0. The number of carbonyl (C=O) groups is 1. The van der Waals surface area contributed by atoms with Gasteiger partial charge in [-0.1, -0.05) is 42.5 Å². The number of fused-ring (bicyclic) bond motifs is 1. The predicted molar refractivity (Wildman–Crippen MR) is 127 cm³/mol. The molecule has 0 fully saturated rings. The molecule has 1 aliphatic rings. The molecule has 0 aliphatic heterocycles. The Bertz CT molecular complexity index is 1300. The number of ether oxygens (including phenoxy) is 1. The van der Waals surface area contributed by atoms with E-state index in [0.717, 1.165) is 39.8 Å². The Morgan fingerprint density at radius 1 is 1.09 bits per heavy atom. The van der Waals surface area contributed by atoms with Gasteiger partial charge >= 0.3 is 5.97 Å². The third-order valence-corrected chi connectivity index (χ3v) is 7.64. The fraction of sp³-hybridized carbons (Fsp3) is 0.269. The number of carboxylic acids is 1. The summed E-state index contributed by atoms with van der Waals surface area (Å²) in [7, 11) is -3.78. The van der Waals surface area contributed by atoms with E-state index in [1.54, 1.807) is 30.3 Å². The third kappa shape index (κ3) is 4.94. The maximum atomic E-state index is 13.3. The van der Waals surface area contributed by atoms with Crippen LogP contribution in [0.5, 0.6) is 5.75 Å². The van der Waals surface area contributed by atoms with Crippen LogP contribution in [0.15, 0.2) is 65.6 Å². The van der Waals surface area contributed by atoms with Crippen molar-refractivity contribution in [2.45, 2.75) is 44.0 Å². The Kier molecular flexibility index (Phi) is 6.54. The van der Waals surface area contributed by atoms with Crippen LogP contribution >= 0.6 is 0 Å². The first-order valence-electron chi connectivity index (χ1n) is 10.9. The summed E-state index contributed by atoms with van der Waals surface area (Å²) in [4.78, 5) is 11.1. The Morgan fingerprint density at radius 3 is 2.64 bits per heavy atom. The second-order valence-electron chi connectivity index (χ2n) is 8.35. The molecule has 0 spiro atoms. The van der Waals surface area contributed by atoms with Crippen LogP contribution in [-0.2, 0) is 21.2 Å². The summed E-state index contributed by atoms with van der Waals surface area (Å²) < 4.78 is 35.0. The molecule has 0 heterocycles. The SMILES string of the molecule is Cc1cccc(-c2cccc(S(=O)(=O)NC3CCCc4c(OCC(=O)O)cccc43)c2)c1C. The van der Waals surface area contributed by atoms with Gasteiger partial charge in [-0.2, -0.15) is 0 Å². The lowest BCUT2D eigenvalue weighted by atomic mass is 9.87. The summed E-state index contributed by atoms with van der Waals surface area (Å²) >= 11 is 0. The van der Waals surface area contributed by atoms with E-state index < -0.39 is 28.6 Å². The van der Waals surface area contributed by atoms with Gasteiger partial charge < -0.3 is 9.84 Å². The van der Waals surface area contributed by atoms with Crippen LogP contribution < -0.4 is 9.46 Å². The minimum Gasteiger partial charge on any atom is -0.482 e. The minimum atomic E-state index is -3.78. The number of aliphatic carboxylic acids is 1. The van der Waals surface area contributed by atoms with Gasteiger partial charge in [0.15, 0.2) is 6.61 Å². The Labute approximate surface area is 194 Å². The number of rotatable bonds is 7. The minimum absolute atomic E-state index is 0.214. The molecule has 1 aliphatic carbocycles. The maximum Gasteiger partial charge on any atom is 0.341 e. The highest BCUT2D eigenvalue weighted by Gasteiger charge is 2.28. The van der Waals surface area contributed by atoms with Crippen LogP contribution in [0.25, 0.3) is 11.1 Å². The maximum absolute atomic E-state index is 13.3. The average molecular weight is 466 g/mol. The van der Waals surface area contributed by atoms with Crippen molar-refractivity contribution in [3.63, 3.8) is 0 Å². The molecular formula is C26H27NO5S. The van der Waals surface area contributed by atoms with Gasteiger partial charge in [0.1, 0.15) is 5.75 Å². The molecule has 1 atom stereocenters. The van der Waals surface area contributed by atoms with Gasteiger partial charge in [0.25, 0.3) is 0 Å². The Morgan fingerprint density at radius 2 is 1.85 bits per heavy atom. The average Bonchev–Trinajstić information content (AvgIpc) is 2.79. The van der Waals surface area contributed by atoms with Gasteiger partial charge in [-0.3, -0.25) is 0 Å². The number of nitrogens with one attached hydrogen (secondary N) is 1. The highest BCUT2D eigenvalue weighted by Crippen LogP contribution is 2.36.